The lowest BCUT2D eigenvalue weighted by molar-refractivity contribution is -0.142. The monoisotopic (exact) mass is 240 g/mol. The number of hydrogen-bond acceptors (Lipinski definition) is 4. The van der Waals surface area contributed by atoms with E-state index in [2.05, 4.69) is 4.98 Å². The highest BCUT2D eigenvalue weighted by atomic mass is 32.1. The Labute approximate surface area is 96.7 Å². The van der Waals surface area contributed by atoms with E-state index in [0.717, 1.165) is 5.69 Å². The fourth-order valence-corrected chi connectivity index (χ4v) is 2.94. The zero-order valence-electron chi connectivity index (χ0n) is 9.01. The van der Waals surface area contributed by atoms with Crippen LogP contribution < -0.4 is 0 Å². The average Bonchev–Trinajstić information content (AvgIpc) is 2.73. The van der Waals surface area contributed by atoms with Gasteiger partial charge in [-0.1, -0.05) is 0 Å². The lowest BCUT2D eigenvalue weighted by Crippen LogP contribution is -2.26. The Morgan fingerprint density at radius 1 is 1.69 bits per heavy atom. The molecule has 0 saturated carbocycles. The van der Waals surface area contributed by atoms with Gasteiger partial charge in [0.1, 0.15) is 5.01 Å². The van der Waals surface area contributed by atoms with E-state index >= 15 is 0 Å². The molecular weight excluding hydrogens is 228 g/mol. The molecule has 86 valence electrons. The van der Waals surface area contributed by atoms with Crippen molar-refractivity contribution in [3.8, 4) is 0 Å². The molecule has 1 aromatic heterocycles. The van der Waals surface area contributed by atoms with Crippen LogP contribution in [-0.2, 0) is 9.59 Å². The number of carboxylic acid groups (broad SMARTS) is 1. The van der Waals surface area contributed by atoms with E-state index in [9.17, 15) is 9.59 Å². The summed E-state index contributed by atoms with van der Waals surface area (Å²) >= 11 is 1.41. The topological polar surface area (TPSA) is 70.5 Å². The highest BCUT2D eigenvalue weighted by Crippen LogP contribution is 2.38. The smallest absolute Gasteiger partial charge is 0.309 e. The van der Waals surface area contributed by atoms with Crippen molar-refractivity contribution in [3.05, 3.63) is 16.1 Å². The van der Waals surface area contributed by atoms with Gasteiger partial charge in [-0.3, -0.25) is 9.59 Å². The third kappa shape index (κ3) is 1.69. The minimum absolute atomic E-state index is 0.0646. The van der Waals surface area contributed by atoms with Crippen molar-refractivity contribution in [2.75, 3.05) is 7.05 Å². The van der Waals surface area contributed by atoms with Crippen LogP contribution in [0.3, 0.4) is 0 Å². The summed E-state index contributed by atoms with van der Waals surface area (Å²) in [4.78, 5) is 28.4. The molecule has 1 amide bonds. The molecule has 1 aliphatic heterocycles. The number of thiazole rings is 1. The first-order valence-corrected chi connectivity index (χ1v) is 5.79. The minimum Gasteiger partial charge on any atom is -0.481 e. The van der Waals surface area contributed by atoms with Gasteiger partial charge in [0.15, 0.2) is 0 Å². The van der Waals surface area contributed by atoms with Crippen LogP contribution >= 0.6 is 11.3 Å². The molecule has 1 aromatic rings. The number of carbonyl (C=O) groups is 2. The zero-order chi connectivity index (χ0) is 11.9. The number of nitrogens with zero attached hydrogens (tertiary/aromatic N) is 2. The van der Waals surface area contributed by atoms with Crippen LogP contribution in [0.25, 0.3) is 0 Å². The second-order valence-corrected chi connectivity index (χ2v) is 4.82. The normalized spacial score (nSPS) is 25.1. The molecule has 2 unspecified atom stereocenters. The maximum absolute atomic E-state index is 11.5. The molecule has 1 fully saturated rings. The Bertz CT molecular complexity index is 443. The fraction of sp³-hybridized carbons (Fsp3) is 0.500. The molecular formula is C10H12N2O3S. The summed E-state index contributed by atoms with van der Waals surface area (Å²) in [6.07, 6.45) is 0.0646. The Hall–Kier alpha value is -1.43. The molecule has 5 nitrogen and oxygen atoms in total. The number of rotatable bonds is 2. The fourth-order valence-electron chi connectivity index (χ4n) is 1.94. The summed E-state index contributed by atoms with van der Waals surface area (Å²) in [5.41, 5.74) is 0.858. The average molecular weight is 240 g/mol. The first-order valence-electron chi connectivity index (χ1n) is 4.91. The molecule has 0 aliphatic carbocycles. The van der Waals surface area contributed by atoms with E-state index in [1.54, 1.807) is 7.05 Å². The number of carboxylic acids is 1. The molecule has 0 spiro atoms. The second-order valence-electron chi connectivity index (χ2n) is 3.93. The molecule has 0 radical (unpaired) electrons. The first-order chi connectivity index (χ1) is 7.50. The summed E-state index contributed by atoms with van der Waals surface area (Å²) in [6, 6.07) is -0.413. The van der Waals surface area contributed by atoms with Crippen molar-refractivity contribution in [1.82, 2.24) is 9.88 Å². The molecule has 6 heteroatoms. The number of amides is 1. The van der Waals surface area contributed by atoms with Crippen LogP contribution in [0.15, 0.2) is 5.38 Å². The third-order valence-corrected chi connectivity index (χ3v) is 3.83. The Morgan fingerprint density at radius 2 is 2.38 bits per heavy atom. The lowest BCUT2D eigenvalue weighted by Gasteiger charge is -2.20. The Kier molecular flexibility index (Phi) is 2.67. The first kappa shape index (κ1) is 11.1. The van der Waals surface area contributed by atoms with Gasteiger partial charge in [-0.05, 0) is 6.92 Å². The van der Waals surface area contributed by atoms with E-state index < -0.39 is 17.9 Å². The number of aromatic nitrogens is 1. The molecule has 1 aliphatic rings. The van der Waals surface area contributed by atoms with Gasteiger partial charge in [-0.2, -0.15) is 0 Å². The van der Waals surface area contributed by atoms with E-state index in [1.165, 1.54) is 16.2 Å². The molecule has 0 aromatic carbocycles. The van der Waals surface area contributed by atoms with Crippen molar-refractivity contribution in [2.24, 2.45) is 5.92 Å². The van der Waals surface area contributed by atoms with Gasteiger partial charge in [0.05, 0.1) is 12.0 Å². The van der Waals surface area contributed by atoms with Crippen LogP contribution in [0.2, 0.25) is 0 Å². The van der Waals surface area contributed by atoms with Crippen LogP contribution in [0.5, 0.6) is 0 Å². The second kappa shape index (κ2) is 3.86. The number of aliphatic carboxylic acids is 1. The minimum atomic E-state index is -0.935. The molecule has 2 atom stereocenters. The molecule has 2 rings (SSSR count). The summed E-state index contributed by atoms with van der Waals surface area (Å²) in [7, 11) is 1.63. The van der Waals surface area contributed by atoms with E-state index in [-0.39, 0.29) is 12.3 Å². The summed E-state index contributed by atoms with van der Waals surface area (Å²) in [5, 5.41) is 11.7. The van der Waals surface area contributed by atoms with Gasteiger partial charge in [0, 0.05) is 24.5 Å². The highest BCUT2D eigenvalue weighted by molar-refractivity contribution is 7.09. The van der Waals surface area contributed by atoms with Crippen molar-refractivity contribution < 1.29 is 14.7 Å². The number of hydrogen-bond donors (Lipinski definition) is 1. The quantitative estimate of drug-likeness (QED) is 0.839. The SMILES string of the molecule is Cc1csc(C2C(C(=O)O)CC(=O)N2C)n1. The van der Waals surface area contributed by atoms with Gasteiger partial charge in [-0.15, -0.1) is 11.3 Å². The van der Waals surface area contributed by atoms with Gasteiger partial charge < -0.3 is 10.0 Å². The van der Waals surface area contributed by atoms with Crippen molar-refractivity contribution in [2.45, 2.75) is 19.4 Å². The summed E-state index contributed by atoms with van der Waals surface area (Å²) in [6.45, 7) is 1.85. The van der Waals surface area contributed by atoms with Gasteiger partial charge in [-0.25, -0.2) is 4.98 Å². The van der Waals surface area contributed by atoms with E-state index in [1.807, 2.05) is 12.3 Å². The van der Waals surface area contributed by atoms with Gasteiger partial charge in [0.25, 0.3) is 0 Å². The highest BCUT2D eigenvalue weighted by Gasteiger charge is 2.44. The van der Waals surface area contributed by atoms with E-state index in [4.69, 9.17) is 5.11 Å². The third-order valence-electron chi connectivity index (χ3n) is 2.79. The number of carbonyl (C=O) groups excluding carboxylic acids is 1. The predicted molar refractivity (Wildman–Crippen MR) is 58.1 cm³/mol. The van der Waals surface area contributed by atoms with Crippen molar-refractivity contribution in [1.29, 1.82) is 0 Å². The number of likely N-dealkylation sites (tertiary alicyclic amines) is 1. The standard InChI is InChI=1S/C10H12N2O3S/c1-5-4-16-9(11-5)8-6(10(14)15)3-7(13)12(8)2/h4,6,8H,3H2,1-2H3,(H,14,15). The Balaban J connectivity index is 2.36. The van der Waals surface area contributed by atoms with Gasteiger partial charge >= 0.3 is 5.97 Å². The molecule has 0 bridgehead atoms. The van der Waals surface area contributed by atoms with Crippen LogP contribution in [0, 0.1) is 12.8 Å². The van der Waals surface area contributed by atoms with Crippen molar-refractivity contribution >= 4 is 23.2 Å². The van der Waals surface area contributed by atoms with Crippen LogP contribution in [0.1, 0.15) is 23.2 Å². The Morgan fingerprint density at radius 3 is 2.88 bits per heavy atom. The molecule has 1 saturated heterocycles. The summed E-state index contributed by atoms with van der Waals surface area (Å²) < 4.78 is 0. The van der Waals surface area contributed by atoms with Crippen LogP contribution in [-0.4, -0.2) is 33.9 Å². The molecule has 2 heterocycles. The van der Waals surface area contributed by atoms with Gasteiger partial charge in [0.2, 0.25) is 5.91 Å². The van der Waals surface area contributed by atoms with E-state index in [0.29, 0.717) is 5.01 Å². The summed E-state index contributed by atoms with van der Waals surface area (Å²) in [5.74, 6) is -1.75. The zero-order valence-corrected chi connectivity index (χ0v) is 9.82. The number of aryl methyl sites for hydroxylation is 1. The predicted octanol–water partition coefficient (Wildman–Crippen LogP) is 1.06. The maximum atomic E-state index is 11.5. The molecule has 16 heavy (non-hydrogen) atoms. The molecule has 1 N–H and O–H groups in total. The maximum Gasteiger partial charge on any atom is 0.309 e. The largest absolute Gasteiger partial charge is 0.481 e. The van der Waals surface area contributed by atoms with Crippen LogP contribution in [0.4, 0.5) is 0 Å². The lowest BCUT2D eigenvalue weighted by atomic mass is 10.0. The van der Waals surface area contributed by atoms with Crippen molar-refractivity contribution in [3.63, 3.8) is 0 Å².